The first-order valence-electron chi connectivity index (χ1n) is 6.51. The number of carbonyl (C=O) groups excluding carboxylic acids is 1. The highest BCUT2D eigenvalue weighted by Crippen LogP contribution is 2.15. The van der Waals surface area contributed by atoms with Gasteiger partial charge >= 0.3 is 0 Å². The molecule has 1 aromatic carbocycles. The molecule has 100 valence electrons. The number of para-hydroxylation sites is 1. The van der Waals surface area contributed by atoms with Crippen molar-refractivity contribution in [3.05, 3.63) is 42.1 Å². The fraction of sp³-hybridized carbons (Fsp3) is 0.333. The lowest BCUT2D eigenvalue weighted by Gasteiger charge is -2.07. The van der Waals surface area contributed by atoms with Gasteiger partial charge in [-0.25, -0.2) is 0 Å². The molecule has 0 spiro atoms. The standard InChI is InChI=1S/C15H17BrN2O/c16-9-4-1-5-10-18-15(19)13-8-11-17-14-7-3-2-6-12(13)14/h2-3,6-8,11H,1,4-5,9-10H2,(H,18,19). The Balaban J connectivity index is 2.01. The van der Waals surface area contributed by atoms with Crippen molar-refractivity contribution in [1.29, 1.82) is 0 Å². The van der Waals surface area contributed by atoms with Crippen molar-refractivity contribution in [3.8, 4) is 0 Å². The maximum Gasteiger partial charge on any atom is 0.252 e. The van der Waals surface area contributed by atoms with Crippen LogP contribution in [0.15, 0.2) is 36.5 Å². The summed E-state index contributed by atoms with van der Waals surface area (Å²) in [5, 5.41) is 4.90. The van der Waals surface area contributed by atoms with Crippen LogP contribution in [0, 0.1) is 0 Å². The van der Waals surface area contributed by atoms with E-state index in [1.165, 1.54) is 0 Å². The topological polar surface area (TPSA) is 42.0 Å². The second kappa shape index (κ2) is 7.24. The van der Waals surface area contributed by atoms with Gasteiger partial charge in [0.1, 0.15) is 0 Å². The molecule has 0 fully saturated rings. The normalized spacial score (nSPS) is 10.6. The first-order chi connectivity index (χ1) is 9.33. The second-order valence-electron chi connectivity index (χ2n) is 4.38. The molecule has 1 heterocycles. The fourth-order valence-corrected chi connectivity index (χ4v) is 2.38. The summed E-state index contributed by atoms with van der Waals surface area (Å²) in [5.74, 6) is -0.0163. The molecule has 0 saturated carbocycles. The molecule has 2 rings (SSSR count). The summed E-state index contributed by atoms with van der Waals surface area (Å²) in [5.41, 5.74) is 1.56. The molecule has 3 nitrogen and oxygen atoms in total. The summed E-state index contributed by atoms with van der Waals surface area (Å²) in [7, 11) is 0. The van der Waals surface area contributed by atoms with Gasteiger partial charge in [0.25, 0.3) is 5.91 Å². The molecule has 0 atom stereocenters. The number of aromatic nitrogens is 1. The Bertz CT molecular complexity index is 551. The number of halogens is 1. The van der Waals surface area contributed by atoms with E-state index in [-0.39, 0.29) is 5.91 Å². The zero-order valence-corrected chi connectivity index (χ0v) is 12.3. The molecule has 0 bridgehead atoms. The second-order valence-corrected chi connectivity index (χ2v) is 5.17. The number of nitrogens with zero attached hydrogens (tertiary/aromatic N) is 1. The van der Waals surface area contributed by atoms with Gasteiger partial charge in [-0.1, -0.05) is 40.5 Å². The third-order valence-corrected chi connectivity index (χ3v) is 3.55. The maximum absolute atomic E-state index is 12.1. The SMILES string of the molecule is O=C(NCCCCCBr)c1ccnc2ccccc12. The molecule has 1 aromatic heterocycles. The van der Waals surface area contributed by atoms with E-state index >= 15 is 0 Å². The van der Waals surface area contributed by atoms with Crippen LogP contribution in [0.1, 0.15) is 29.6 Å². The van der Waals surface area contributed by atoms with Gasteiger partial charge in [-0.2, -0.15) is 0 Å². The summed E-state index contributed by atoms with van der Waals surface area (Å²) >= 11 is 3.40. The zero-order chi connectivity index (χ0) is 13.5. The number of amides is 1. The van der Waals surface area contributed by atoms with E-state index < -0.39 is 0 Å². The van der Waals surface area contributed by atoms with Gasteiger partial charge in [0.05, 0.1) is 11.1 Å². The van der Waals surface area contributed by atoms with Gasteiger partial charge in [0, 0.05) is 23.5 Å². The predicted molar refractivity (Wildman–Crippen MR) is 81.7 cm³/mol. The highest BCUT2D eigenvalue weighted by atomic mass is 79.9. The average Bonchev–Trinajstić information content (AvgIpc) is 2.46. The number of pyridine rings is 1. The van der Waals surface area contributed by atoms with Gasteiger partial charge in [-0.05, 0) is 25.0 Å². The molecule has 1 amide bonds. The molecule has 0 aliphatic rings. The van der Waals surface area contributed by atoms with E-state index in [1.54, 1.807) is 12.3 Å². The largest absolute Gasteiger partial charge is 0.352 e. The van der Waals surface area contributed by atoms with Crippen LogP contribution in [-0.4, -0.2) is 22.8 Å². The van der Waals surface area contributed by atoms with Crippen LogP contribution in [-0.2, 0) is 0 Å². The lowest BCUT2D eigenvalue weighted by molar-refractivity contribution is 0.0954. The molecule has 0 saturated heterocycles. The number of alkyl halides is 1. The van der Waals surface area contributed by atoms with Crippen LogP contribution < -0.4 is 5.32 Å². The third kappa shape index (κ3) is 3.77. The van der Waals surface area contributed by atoms with Gasteiger partial charge in [-0.3, -0.25) is 9.78 Å². The Hall–Kier alpha value is -1.42. The van der Waals surface area contributed by atoms with Crippen molar-refractivity contribution in [2.75, 3.05) is 11.9 Å². The third-order valence-electron chi connectivity index (χ3n) is 2.99. The quantitative estimate of drug-likeness (QED) is 0.653. The Morgan fingerprint density at radius 3 is 2.84 bits per heavy atom. The smallest absolute Gasteiger partial charge is 0.252 e. The van der Waals surface area contributed by atoms with Crippen molar-refractivity contribution >= 4 is 32.7 Å². The fourth-order valence-electron chi connectivity index (χ4n) is 1.99. The predicted octanol–water partition coefficient (Wildman–Crippen LogP) is 3.53. The minimum absolute atomic E-state index is 0.0163. The zero-order valence-electron chi connectivity index (χ0n) is 10.7. The van der Waals surface area contributed by atoms with Crippen molar-refractivity contribution in [3.63, 3.8) is 0 Å². The number of hydrogen-bond donors (Lipinski definition) is 1. The molecule has 0 aliphatic carbocycles. The lowest BCUT2D eigenvalue weighted by atomic mass is 10.1. The van der Waals surface area contributed by atoms with Crippen molar-refractivity contribution in [2.45, 2.75) is 19.3 Å². The van der Waals surface area contributed by atoms with Crippen LogP contribution in [0.2, 0.25) is 0 Å². The molecular formula is C15H17BrN2O. The Morgan fingerprint density at radius 1 is 1.16 bits per heavy atom. The van der Waals surface area contributed by atoms with E-state index in [9.17, 15) is 4.79 Å². The highest BCUT2D eigenvalue weighted by molar-refractivity contribution is 9.09. The molecule has 0 unspecified atom stereocenters. The molecule has 0 aliphatic heterocycles. The lowest BCUT2D eigenvalue weighted by Crippen LogP contribution is -2.24. The molecule has 1 N–H and O–H groups in total. The number of fused-ring (bicyclic) bond motifs is 1. The van der Waals surface area contributed by atoms with Crippen LogP contribution in [0.25, 0.3) is 10.9 Å². The van der Waals surface area contributed by atoms with Gasteiger partial charge in [-0.15, -0.1) is 0 Å². The van der Waals surface area contributed by atoms with E-state index in [0.29, 0.717) is 5.56 Å². The minimum Gasteiger partial charge on any atom is -0.352 e. The monoisotopic (exact) mass is 320 g/mol. The number of rotatable bonds is 6. The number of unbranched alkanes of at least 4 members (excludes halogenated alkanes) is 2. The molecule has 19 heavy (non-hydrogen) atoms. The number of benzene rings is 1. The van der Waals surface area contributed by atoms with Crippen LogP contribution in [0.3, 0.4) is 0 Å². The molecule has 0 radical (unpaired) electrons. The summed E-state index contributed by atoms with van der Waals surface area (Å²) in [6.45, 7) is 0.725. The van der Waals surface area contributed by atoms with E-state index in [4.69, 9.17) is 0 Å². The minimum atomic E-state index is -0.0163. The van der Waals surface area contributed by atoms with Crippen LogP contribution >= 0.6 is 15.9 Å². The van der Waals surface area contributed by atoms with Gasteiger partial charge < -0.3 is 5.32 Å². The van der Waals surface area contributed by atoms with E-state index in [1.807, 2.05) is 24.3 Å². The molecule has 2 aromatic rings. The van der Waals surface area contributed by atoms with Crippen LogP contribution in [0.5, 0.6) is 0 Å². The Morgan fingerprint density at radius 2 is 2.00 bits per heavy atom. The summed E-state index contributed by atoms with van der Waals surface area (Å²) in [4.78, 5) is 16.4. The van der Waals surface area contributed by atoms with Crippen LogP contribution in [0.4, 0.5) is 0 Å². The maximum atomic E-state index is 12.1. The highest BCUT2D eigenvalue weighted by Gasteiger charge is 2.09. The van der Waals surface area contributed by atoms with Gasteiger partial charge in [0.2, 0.25) is 0 Å². The van der Waals surface area contributed by atoms with Crippen molar-refractivity contribution < 1.29 is 4.79 Å². The van der Waals surface area contributed by atoms with E-state index in [2.05, 4.69) is 26.2 Å². The number of carbonyl (C=O) groups is 1. The van der Waals surface area contributed by atoms with Crippen molar-refractivity contribution in [2.24, 2.45) is 0 Å². The Kier molecular flexibility index (Phi) is 5.33. The summed E-state index contributed by atoms with van der Waals surface area (Å²) < 4.78 is 0. The first-order valence-corrected chi connectivity index (χ1v) is 7.63. The number of nitrogens with one attached hydrogen (secondary N) is 1. The summed E-state index contributed by atoms with van der Waals surface area (Å²) in [6.07, 6.45) is 4.97. The van der Waals surface area contributed by atoms with Gasteiger partial charge in [0.15, 0.2) is 0 Å². The summed E-state index contributed by atoms with van der Waals surface area (Å²) in [6, 6.07) is 9.48. The van der Waals surface area contributed by atoms with Crippen molar-refractivity contribution in [1.82, 2.24) is 10.3 Å². The Labute approximate surface area is 121 Å². The molecular weight excluding hydrogens is 304 g/mol. The average molecular weight is 321 g/mol. The van der Waals surface area contributed by atoms with E-state index in [0.717, 1.165) is 42.0 Å². The first kappa shape index (κ1) is 14.0. The number of hydrogen-bond acceptors (Lipinski definition) is 2. The molecule has 4 heteroatoms.